The van der Waals surface area contributed by atoms with Crippen LogP contribution in [-0.2, 0) is 23.7 Å². The van der Waals surface area contributed by atoms with Gasteiger partial charge in [0, 0.05) is 43.9 Å². The van der Waals surface area contributed by atoms with Gasteiger partial charge in [0.1, 0.15) is 0 Å². The van der Waals surface area contributed by atoms with E-state index in [4.69, 9.17) is 4.74 Å². The molecular formula is C15H29N3O. The number of rotatable bonds is 8. The fraction of sp³-hybridized carbons (Fsp3) is 0.800. The fourth-order valence-electron chi connectivity index (χ4n) is 2.01. The van der Waals surface area contributed by atoms with Crippen LogP contribution in [0.1, 0.15) is 51.8 Å². The third kappa shape index (κ3) is 5.74. The largest absolute Gasteiger partial charge is 0.380 e. The molecule has 0 unspecified atom stereocenters. The summed E-state index contributed by atoms with van der Waals surface area (Å²) in [5.74, 6) is 0. The molecule has 0 fully saturated rings. The summed E-state index contributed by atoms with van der Waals surface area (Å²) in [5.41, 5.74) is 2.55. The van der Waals surface area contributed by atoms with Crippen molar-refractivity contribution in [2.75, 3.05) is 19.8 Å². The molecule has 1 rings (SSSR count). The van der Waals surface area contributed by atoms with E-state index in [-0.39, 0.29) is 5.41 Å². The summed E-state index contributed by atoms with van der Waals surface area (Å²) in [6.45, 7) is 12.2. The predicted octanol–water partition coefficient (Wildman–Crippen LogP) is 2.62. The maximum Gasteiger partial charge on any atom is 0.0722 e. The van der Waals surface area contributed by atoms with Crippen LogP contribution in [0.3, 0.4) is 0 Å². The van der Waals surface area contributed by atoms with E-state index in [1.165, 1.54) is 17.7 Å². The summed E-state index contributed by atoms with van der Waals surface area (Å²) in [5, 5.41) is 7.99. The van der Waals surface area contributed by atoms with Gasteiger partial charge in [0.25, 0.3) is 0 Å². The highest BCUT2D eigenvalue weighted by Gasteiger charge is 2.21. The molecule has 1 N–H and O–H groups in total. The Labute approximate surface area is 117 Å². The van der Waals surface area contributed by atoms with Crippen LogP contribution in [0.15, 0.2) is 6.20 Å². The van der Waals surface area contributed by atoms with Crippen molar-refractivity contribution in [1.82, 2.24) is 15.1 Å². The van der Waals surface area contributed by atoms with Crippen LogP contribution in [0.2, 0.25) is 0 Å². The highest BCUT2D eigenvalue weighted by atomic mass is 16.5. The first kappa shape index (κ1) is 16.2. The summed E-state index contributed by atoms with van der Waals surface area (Å²) >= 11 is 0. The highest BCUT2D eigenvalue weighted by Crippen LogP contribution is 2.23. The monoisotopic (exact) mass is 267 g/mol. The molecule has 0 atom stereocenters. The lowest BCUT2D eigenvalue weighted by atomic mass is 9.89. The summed E-state index contributed by atoms with van der Waals surface area (Å²) in [6.07, 6.45) is 4.44. The maximum absolute atomic E-state index is 5.53. The molecule has 0 amide bonds. The van der Waals surface area contributed by atoms with E-state index < -0.39 is 0 Å². The standard InChI is InChI=1S/C15H29N3O/c1-6-7-9-19-10-8-16-11-13-12-18(5)17-14(13)15(2,3)4/h12,16H,6-11H2,1-5H3. The molecule has 0 bridgehead atoms. The molecule has 0 spiro atoms. The van der Waals surface area contributed by atoms with E-state index in [0.717, 1.165) is 32.7 Å². The Morgan fingerprint density at radius 1 is 1.32 bits per heavy atom. The second kappa shape index (κ2) is 7.65. The van der Waals surface area contributed by atoms with E-state index in [1.54, 1.807) is 0 Å². The first-order valence-electron chi connectivity index (χ1n) is 7.26. The first-order valence-corrected chi connectivity index (χ1v) is 7.26. The molecule has 4 heteroatoms. The Kier molecular flexibility index (Phi) is 6.52. The van der Waals surface area contributed by atoms with Gasteiger partial charge in [0.15, 0.2) is 0 Å². The summed E-state index contributed by atoms with van der Waals surface area (Å²) in [7, 11) is 1.98. The average Bonchev–Trinajstić information content (AvgIpc) is 2.69. The van der Waals surface area contributed by atoms with E-state index in [0.29, 0.717) is 0 Å². The van der Waals surface area contributed by atoms with E-state index in [2.05, 4.69) is 44.3 Å². The van der Waals surface area contributed by atoms with Crippen molar-refractivity contribution in [3.05, 3.63) is 17.5 Å². The molecule has 0 aliphatic rings. The Hall–Kier alpha value is -0.870. The van der Waals surface area contributed by atoms with E-state index in [1.807, 2.05) is 11.7 Å². The van der Waals surface area contributed by atoms with Crippen LogP contribution in [0.25, 0.3) is 0 Å². The Morgan fingerprint density at radius 3 is 2.68 bits per heavy atom. The van der Waals surface area contributed by atoms with Gasteiger partial charge in [-0.2, -0.15) is 5.10 Å². The number of hydrogen-bond donors (Lipinski definition) is 1. The Balaban J connectivity index is 2.33. The summed E-state index contributed by atoms with van der Waals surface area (Å²) in [6, 6.07) is 0. The topological polar surface area (TPSA) is 39.1 Å². The number of unbranched alkanes of at least 4 members (excludes halogenated alkanes) is 1. The molecular weight excluding hydrogens is 238 g/mol. The van der Waals surface area contributed by atoms with Gasteiger partial charge in [-0.15, -0.1) is 0 Å². The average molecular weight is 267 g/mol. The number of aromatic nitrogens is 2. The normalized spacial score (nSPS) is 12.1. The lowest BCUT2D eigenvalue weighted by Crippen LogP contribution is -2.22. The number of hydrogen-bond acceptors (Lipinski definition) is 3. The van der Waals surface area contributed by atoms with Crippen molar-refractivity contribution in [2.45, 2.75) is 52.5 Å². The third-order valence-electron chi connectivity index (χ3n) is 3.00. The van der Waals surface area contributed by atoms with Gasteiger partial charge in [-0.3, -0.25) is 4.68 Å². The smallest absolute Gasteiger partial charge is 0.0722 e. The van der Waals surface area contributed by atoms with Crippen molar-refractivity contribution in [3.63, 3.8) is 0 Å². The van der Waals surface area contributed by atoms with Gasteiger partial charge < -0.3 is 10.1 Å². The third-order valence-corrected chi connectivity index (χ3v) is 3.00. The zero-order chi connectivity index (χ0) is 14.3. The molecule has 19 heavy (non-hydrogen) atoms. The zero-order valence-electron chi connectivity index (χ0n) is 13.1. The molecule has 0 aliphatic carbocycles. The quantitative estimate of drug-likeness (QED) is 0.736. The van der Waals surface area contributed by atoms with Crippen molar-refractivity contribution >= 4 is 0 Å². The SMILES string of the molecule is CCCCOCCNCc1cn(C)nc1C(C)(C)C. The van der Waals surface area contributed by atoms with Gasteiger partial charge in [0.05, 0.1) is 12.3 Å². The minimum Gasteiger partial charge on any atom is -0.380 e. The lowest BCUT2D eigenvalue weighted by molar-refractivity contribution is 0.133. The van der Waals surface area contributed by atoms with Crippen molar-refractivity contribution < 1.29 is 4.74 Å². The van der Waals surface area contributed by atoms with Gasteiger partial charge in [0.2, 0.25) is 0 Å². The zero-order valence-corrected chi connectivity index (χ0v) is 13.1. The molecule has 0 aromatic carbocycles. The number of ether oxygens (including phenoxy) is 1. The second-order valence-corrected chi connectivity index (χ2v) is 6.07. The fourth-order valence-corrected chi connectivity index (χ4v) is 2.01. The van der Waals surface area contributed by atoms with Crippen LogP contribution in [0.4, 0.5) is 0 Å². The van der Waals surface area contributed by atoms with Gasteiger partial charge in [-0.25, -0.2) is 0 Å². The van der Waals surface area contributed by atoms with Crippen LogP contribution < -0.4 is 5.32 Å². The first-order chi connectivity index (χ1) is 8.95. The minimum absolute atomic E-state index is 0.0932. The molecule has 110 valence electrons. The van der Waals surface area contributed by atoms with Gasteiger partial charge >= 0.3 is 0 Å². The lowest BCUT2D eigenvalue weighted by Gasteiger charge is -2.17. The maximum atomic E-state index is 5.53. The Morgan fingerprint density at radius 2 is 2.05 bits per heavy atom. The number of nitrogens with zero attached hydrogens (tertiary/aromatic N) is 2. The summed E-state index contributed by atoms with van der Waals surface area (Å²) in [4.78, 5) is 0. The molecule has 1 heterocycles. The molecule has 1 aromatic heterocycles. The van der Waals surface area contributed by atoms with Crippen LogP contribution >= 0.6 is 0 Å². The van der Waals surface area contributed by atoms with Crippen molar-refractivity contribution in [1.29, 1.82) is 0 Å². The summed E-state index contributed by atoms with van der Waals surface area (Å²) < 4.78 is 7.43. The predicted molar refractivity (Wildman–Crippen MR) is 79.3 cm³/mol. The van der Waals surface area contributed by atoms with Crippen LogP contribution in [-0.4, -0.2) is 29.5 Å². The highest BCUT2D eigenvalue weighted by molar-refractivity contribution is 5.23. The van der Waals surface area contributed by atoms with Crippen LogP contribution in [0, 0.1) is 0 Å². The number of nitrogens with one attached hydrogen (secondary N) is 1. The van der Waals surface area contributed by atoms with Gasteiger partial charge in [-0.05, 0) is 6.42 Å². The molecule has 0 saturated carbocycles. The van der Waals surface area contributed by atoms with E-state index in [9.17, 15) is 0 Å². The van der Waals surface area contributed by atoms with Crippen molar-refractivity contribution in [3.8, 4) is 0 Å². The van der Waals surface area contributed by atoms with Crippen molar-refractivity contribution in [2.24, 2.45) is 7.05 Å². The van der Waals surface area contributed by atoms with Crippen LogP contribution in [0.5, 0.6) is 0 Å². The second-order valence-electron chi connectivity index (χ2n) is 6.07. The molecule has 4 nitrogen and oxygen atoms in total. The van der Waals surface area contributed by atoms with E-state index >= 15 is 0 Å². The molecule has 0 radical (unpaired) electrons. The molecule has 0 saturated heterocycles. The molecule has 1 aromatic rings. The minimum atomic E-state index is 0.0932. The number of aryl methyl sites for hydroxylation is 1. The van der Waals surface area contributed by atoms with Gasteiger partial charge in [-0.1, -0.05) is 34.1 Å². The molecule has 0 aliphatic heterocycles. The Bertz CT molecular complexity index is 366.